The molecule has 1 heterocycles. The summed E-state index contributed by atoms with van der Waals surface area (Å²) in [6, 6.07) is 3.44. The number of nitrogens with zero attached hydrogens (tertiary/aromatic N) is 2. The number of rotatable bonds is 9. The average Bonchev–Trinajstić information content (AvgIpc) is 3.13. The van der Waals surface area contributed by atoms with Crippen LogP contribution < -0.4 is 19.5 Å². The van der Waals surface area contributed by atoms with E-state index in [4.69, 9.17) is 18.6 Å². The molecule has 0 spiro atoms. The number of carbonyl (C=O) groups is 1. The Balaban J connectivity index is 2.12. The number of hydrogen-bond acceptors (Lipinski definition) is 8. The van der Waals surface area contributed by atoms with E-state index in [1.165, 1.54) is 33.1 Å². The molecule has 148 valence electrons. The third-order valence-electron chi connectivity index (χ3n) is 4.01. The molecule has 9 heteroatoms. The molecular weight excluding hydrogens is 370 g/mol. The molecule has 0 aliphatic rings. The predicted octanol–water partition coefficient (Wildman–Crippen LogP) is 3.16. The van der Waals surface area contributed by atoms with Crippen LogP contribution in [-0.4, -0.2) is 48.7 Å². The molecule has 0 unspecified atom stereocenters. The van der Waals surface area contributed by atoms with Crippen LogP contribution in [0.25, 0.3) is 11.5 Å². The molecule has 0 aliphatic heterocycles. The Morgan fingerprint density at radius 1 is 1.15 bits per heavy atom. The summed E-state index contributed by atoms with van der Waals surface area (Å²) in [4.78, 5) is 12.0. The minimum atomic E-state index is -0.242. The molecule has 0 atom stereocenters. The zero-order chi connectivity index (χ0) is 20.0. The first-order chi connectivity index (χ1) is 12.8. The maximum Gasteiger partial charge on any atom is 0.277 e. The molecular formula is C18H25N3O5S. The van der Waals surface area contributed by atoms with Gasteiger partial charge in [-0.3, -0.25) is 4.79 Å². The number of ether oxygens (including phenoxy) is 3. The molecule has 0 saturated carbocycles. The molecule has 1 aromatic heterocycles. The third-order valence-corrected chi connectivity index (χ3v) is 4.83. The first-order valence-corrected chi connectivity index (χ1v) is 9.39. The van der Waals surface area contributed by atoms with E-state index in [1.807, 2.05) is 20.8 Å². The smallest absolute Gasteiger partial charge is 0.277 e. The zero-order valence-electron chi connectivity index (χ0n) is 16.4. The van der Waals surface area contributed by atoms with Gasteiger partial charge in [0.25, 0.3) is 5.22 Å². The van der Waals surface area contributed by atoms with Crippen molar-refractivity contribution >= 4 is 17.7 Å². The quantitative estimate of drug-likeness (QED) is 0.647. The van der Waals surface area contributed by atoms with Crippen LogP contribution in [0.15, 0.2) is 21.8 Å². The maximum absolute atomic E-state index is 12.0. The zero-order valence-corrected chi connectivity index (χ0v) is 17.2. The predicted molar refractivity (Wildman–Crippen MR) is 103 cm³/mol. The first kappa shape index (κ1) is 20.9. The molecule has 0 saturated heterocycles. The minimum absolute atomic E-state index is 0.0839. The van der Waals surface area contributed by atoms with E-state index in [9.17, 15) is 4.79 Å². The SMILES string of the molecule is CCC(C)(C)NC(=O)CSc1nnc(-c2cc(OC)c(OC)c(OC)c2)o1. The molecule has 1 N–H and O–H groups in total. The largest absolute Gasteiger partial charge is 0.493 e. The fourth-order valence-electron chi connectivity index (χ4n) is 2.22. The van der Waals surface area contributed by atoms with Crippen LogP contribution in [0.3, 0.4) is 0 Å². The summed E-state index contributed by atoms with van der Waals surface area (Å²) in [6.45, 7) is 5.98. The monoisotopic (exact) mass is 395 g/mol. The van der Waals surface area contributed by atoms with Gasteiger partial charge in [-0.2, -0.15) is 0 Å². The van der Waals surface area contributed by atoms with Crippen LogP contribution in [0.4, 0.5) is 0 Å². The van der Waals surface area contributed by atoms with E-state index >= 15 is 0 Å². The molecule has 27 heavy (non-hydrogen) atoms. The lowest BCUT2D eigenvalue weighted by Gasteiger charge is -2.24. The molecule has 1 aromatic carbocycles. The van der Waals surface area contributed by atoms with Crippen molar-refractivity contribution in [1.29, 1.82) is 0 Å². The Labute approximate surface area is 163 Å². The molecule has 8 nitrogen and oxygen atoms in total. The highest BCUT2D eigenvalue weighted by atomic mass is 32.2. The molecule has 1 amide bonds. The van der Waals surface area contributed by atoms with Crippen molar-refractivity contribution in [2.45, 2.75) is 38.0 Å². The minimum Gasteiger partial charge on any atom is -0.493 e. The second kappa shape index (κ2) is 8.98. The van der Waals surface area contributed by atoms with Crippen molar-refractivity contribution in [3.8, 4) is 28.7 Å². The lowest BCUT2D eigenvalue weighted by atomic mass is 10.0. The van der Waals surface area contributed by atoms with Gasteiger partial charge in [-0.05, 0) is 32.4 Å². The Morgan fingerprint density at radius 3 is 2.30 bits per heavy atom. The van der Waals surface area contributed by atoms with E-state index in [2.05, 4.69) is 15.5 Å². The van der Waals surface area contributed by atoms with Crippen molar-refractivity contribution in [3.05, 3.63) is 12.1 Å². The second-order valence-corrected chi connectivity index (χ2v) is 7.29. The van der Waals surface area contributed by atoms with Crippen LogP contribution in [0.1, 0.15) is 27.2 Å². The number of aromatic nitrogens is 2. The molecule has 2 aromatic rings. The van der Waals surface area contributed by atoms with Gasteiger partial charge in [0.05, 0.1) is 27.1 Å². The summed E-state index contributed by atoms with van der Waals surface area (Å²) in [5, 5.41) is 11.3. The summed E-state index contributed by atoms with van der Waals surface area (Å²) in [5.74, 6) is 1.86. The Hall–Kier alpha value is -2.42. The molecule has 0 fully saturated rings. The van der Waals surface area contributed by atoms with Gasteiger partial charge in [-0.15, -0.1) is 10.2 Å². The normalized spacial score (nSPS) is 11.2. The summed E-state index contributed by atoms with van der Waals surface area (Å²) < 4.78 is 21.6. The van der Waals surface area contributed by atoms with Crippen molar-refractivity contribution in [2.24, 2.45) is 0 Å². The average molecular weight is 395 g/mol. The van der Waals surface area contributed by atoms with Gasteiger partial charge in [-0.25, -0.2) is 0 Å². The second-order valence-electron chi connectivity index (χ2n) is 6.36. The van der Waals surface area contributed by atoms with Gasteiger partial charge in [0.15, 0.2) is 11.5 Å². The van der Waals surface area contributed by atoms with E-state index in [0.29, 0.717) is 33.9 Å². The van der Waals surface area contributed by atoms with Crippen molar-refractivity contribution in [1.82, 2.24) is 15.5 Å². The van der Waals surface area contributed by atoms with Crippen molar-refractivity contribution in [2.75, 3.05) is 27.1 Å². The van der Waals surface area contributed by atoms with Gasteiger partial charge < -0.3 is 23.9 Å². The van der Waals surface area contributed by atoms with Crippen molar-refractivity contribution < 1.29 is 23.4 Å². The number of thioether (sulfide) groups is 1. The molecule has 0 bridgehead atoms. The standard InChI is InChI=1S/C18H25N3O5S/c1-7-18(2,3)19-14(22)10-27-17-21-20-16(26-17)11-8-12(23-4)15(25-6)13(9-11)24-5/h8-9H,7,10H2,1-6H3,(H,19,22). The number of benzene rings is 1. The Bertz CT molecular complexity index is 766. The summed E-state index contributed by atoms with van der Waals surface area (Å²) in [5.41, 5.74) is 0.383. The Kier molecular flexibility index (Phi) is 6.95. The lowest BCUT2D eigenvalue weighted by Crippen LogP contribution is -2.43. The summed E-state index contributed by atoms with van der Waals surface area (Å²) >= 11 is 1.18. The van der Waals surface area contributed by atoms with Crippen LogP contribution in [0.2, 0.25) is 0 Å². The van der Waals surface area contributed by atoms with E-state index in [1.54, 1.807) is 12.1 Å². The van der Waals surface area contributed by atoms with E-state index in [-0.39, 0.29) is 17.2 Å². The van der Waals surface area contributed by atoms with Gasteiger partial charge in [0, 0.05) is 11.1 Å². The van der Waals surface area contributed by atoms with Gasteiger partial charge >= 0.3 is 0 Å². The van der Waals surface area contributed by atoms with Gasteiger partial charge in [-0.1, -0.05) is 18.7 Å². The number of nitrogens with one attached hydrogen (secondary N) is 1. The fraction of sp³-hybridized carbons (Fsp3) is 0.500. The highest BCUT2D eigenvalue weighted by molar-refractivity contribution is 7.99. The fourth-order valence-corrected chi connectivity index (χ4v) is 2.78. The van der Waals surface area contributed by atoms with Crippen LogP contribution >= 0.6 is 11.8 Å². The number of carbonyl (C=O) groups excluding carboxylic acids is 1. The lowest BCUT2D eigenvalue weighted by molar-refractivity contribution is -0.120. The van der Waals surface area contributed by atoms with E-state index < -0.39 is 0 Å². The summed E-state index contributed by atoms with van der Waals surface area (Å²) in [6.07, 6.45) is 0.843. The van der Waals surface area contributed by atoms with Crippen LogP contribution in [0, 0.1) is 0 Å². The first-order valence-electron chi connectivity index (χ1n) is 8.41. The van der Waals surface area contributed by atoms with Crippen molar-refractivity contribution in [3.63, 3.8) is 0 Å². The molecule has 0 radical (unpaired) electrons. The number of hydrogen-bond donors (Lipinski definition) is 1. The number of amides is 1. The maximum atomic E-state index is 12.0. The van der Waals surface area contributed by atoms with Gasteiger partial charge in [0.1, 0.15) is 0 Å². The summed E-state index contributed by atoms with van der Waals surface area (Å²) in [7, 11) is 4.60. The number of methoxy groups -OCH3 is 3. The highest BCUT2D eigenvalue weighted by Gasteiger charge is 2.20. The van der Waals surface area contributed by atoms with Crippen LogP contribution in [0.5, 0.6) is 17.2 Å². The highest BCUT2D eigenvalue weighted by Crippen LogP contribution is 2.41. The Morgan fingerprint density at radius 2 is 1.78 bits per heavy atom. The van der Waals surface area contributed by atoms with Crippen LogP contribution in [-0.2, 0) is 4.79 Å². The van der Waals surface area contributed by atoms with E-state index in [0.717, 1.165) is 6.42 Å². The molecule has 2 rings (SSSR count). The molecule has 0 aliphatic carbocycles. The van der Waals surface area contributed by atoms with Gasteiger partial charge in [0.2, 0.25) is 17.5 Å². The topological polar surface area (TPSA) is 95.7 Å². The third kappa shape index (κ3) is 5.29.